The largest absolute Gasteiger partial charge is 0.455 e. The van der Waals surface area contributed by atoms with E-state index < -0.39 is 0 Å². The Morgan fingerprint density at radius 1 is 0.486 bits per heavy atom. The zero-order chi connectivity index (χ0) is 24.3. The second-order valence-electron chi connectivity index (χ2n) is 9.39. The molecule has 3 heteroatoms. The highest BCUT2D eigenvalue weighted by Gasteiger charge is 2.20. The van der Waals surface area contributed by atoms with E-state index in [-0.39, 0.29) is 0 Å². The minimum absolute atomic E-state index is 0.850. The van der Waals surface area contributed by atoms with Crippen molar-refractivity contribution in [2.75, 3.05) is 0 Å². The number of rotatable bonds is 2. The van der Waals surface area contributed by atoms with E-state index in [0.29, 0.717) is 0 Å². The van der Waals surface area contributed by atoms with Crippen LogP contribution in [-0.4, -0.2) is 9.97 Å². The van der Waals surface area contributed by atoms with E-state index in [1.54, 1.807) is 0 Å². The molecule has 8 aromatic rings. The Morgan fingerprint density at radius 3 is 2.08 bits per heavy atom. The van der Waals surface area contributed by atoms with Crippen LogP contribution >= 0.6 is 0 Å². The molecule has 0 radical (unpaired) electrons. The molecular weight excluding hydrogens is 452 g/mol. The van der Waals surface area contributed by atoms with Gasteiger partial charge in [0.1, 0.15) is 11.2 Å². The molecule has 3 nitrogen and oxygen atoms in total. The summed E-state index contributed by atoms with van der Waals surface area (Å²) in [5.74, 6) is 0. The summed E-state index contributed by atoms with van der Waals surface area (Å²) in [4.78, 5) is 10.5. The van der Waals surface area contributed by atoms with Crippen molar-refractivity contribution in [2.24, 2.45) is 0 Å². The van der Waals surface area contributed by atoms with Crippen LogP contribution in [0.4, 0.5) is 0 Å². The third kappa shape index (κ3) is 3.01. The van der Waals surface area contributed by atoms with Crippen molar-refractivity contribution in [3.8, 4) is 22.5 Å². The average molecular weight is 473 g/mol. The topological polar surface area (TPSA) is 38.9 Å². The first-order valence-electron chi connectivity index (χ1n) is 12.4. The average Bonchev–Trinajstić information content (AvgIpc) is 3.36. The standard InChI is InChI=1S/C34H20N2O/c1-2-11-23(12-3-1)31-33(36-32-24-13-6-4-9-21(24)18-20-28(32)35-31)26-15-8-16-29-30(26)27-19-17-22-10-5-7-14-25(22)34(27)37-29/h1-20H. The maximum Gasteiger partial charge on any atom is 0.143 e. The fourth-order valence-corrected chi connectivity index (χ4v) is 5.53. The molecule has 172 valence electrons. The van der Waals surface area contributed by atoms with Gasteiger partial charge in [-0.1, -0.05) is 103 Å². The Balaban J connectivity index is 1.53. The fraction of sp³-hybridized carbons (Fsp3) is 0. The molecule has 0 fully saturated rings. The van der Waals surface area contributed by atoms with Crippen molar-refractivity contribution >= 4 is 54.5 Å². The number of benzene rings is 6. The lowest BCUT2D eigenvalue weighted by atomic mass is 9.97. The van der Waals surface area contributed by atoms with Gasteiger partial charge in [-0.25, -0.2) is 9.97 Å². The Morgan fingerprint density at radius 2 is 1.22 bits per heavy atom. The van der Waals surface area contributed by atoms with Crippen molar-refractivity contribution in [3.05, 3.63) is 121 Å². The van der Waals surface area contributed by atoms with E-state index in [1.165, 1.54) is 0 Å². The van der Waals surface area contributed by atoms with Crippen molar-refractivity contribution < 1.29 is 4.42 Å². The smallest absolute Gasteiger partial charge is 0.143 e. The Labute approximate surface area is 212 Å². The first kappa shape index (κ1) is 20.2. The van der Waals surface area contributed by atoms with Gasteiger partial charge in [0.25, 0.3) is 0 Å². The van der Waals surface area contributed by atoms with Gasteiger partial charge in [-0.05, 0) is 29.0 Å². The molecule has 0 N–H and O–H groups in total. The second-order valence-corrected chi connectivity index (χ2v) is 9.39. The minimum Gasteiger partial charge on any atom is -0.455 e. The Bertz CT molecular complexity index is 2140. The lowest BCUT2D eigenvalue weighted by Crippen LogP contribution is -1.96. The summed E-state index contributed by atoms with van der Waals surface area (Å²) in [5, 5.41) is 6.68. The summed E-state index contributed by atoms with van der Waals surface area (Å²) in [6.07, 6.45) is 0. The molecule has 37 heavy (non-hydrogen) atoms. The van der Waals surface area contributed by atoms with Crippen LogP contribution < -0.4 is 0 Å². The molecule has 2 aromatic heterocycles. The molecule has 6 aromatic carbocycles. The van der Waals surface area contributed by atoms with Gasteiger partial charge in [-0.15, -0.1) is 0 Å². The van der Waals surface area contributed by atoms with E-state index in [4.69, 9.17) is 14.4 Å². The van der Waals surface area contributed by atoms with Crippen LogP contribution in [-0.2, 0) is 0 Å². The van der Waals surface area contributed by atoms with E-state index in [9.17, 15) is 0 Å². The molecule has 0 aliphatic heterocycles. The van der Waals surface area contributed by atoms with Crippen LogP contribution in [0.2, 0.25) is 0 Å². The molecule has 0 aliphatic carbocycles. The fourth-order valence-electron chi connectivity index (χ4n) is 5.53. The summed E-state index contributed by atoms with van der Waals surface area (Å²) in [5.41, 5.74) is 7.33. The summed E-state index contributed by atoms with van der Waals surface area (Å²) < 4.78 is 6.48. The molecule has 0 spiro atoms. The highest BCUT2D eigenvalue weighted by Crippen LogP contribution is 2.42. The van der Waals surface area contributed by atoms with Gasteiger partial charge >= 0.3 is 0 Å². The van der Waals surface area contributed by atoms with Gasteiger partial charge in [-0.3, -0.25) is 0 Å². The second kappa shape index (κ2) is 7.74. The summed E-state index contributed by atoms with van der Waals surface area (Å²) in [6.45, 7) is 0. The molecule has 0 saturated carbocycles. The molecule has 8 rings (SSSR count). The van der Waals surface area contributed by atoms with Gasteiger partial charge in [0, 0.05) is 32.7 Å². The van der Waals surface area contributed by atoms with Crippen molar-refractivity contribution in [3.63, 3.8) is 0 Å². The van der Waals surface area contributed by atoms with Crippen molar-refractivity contribution in [1.29, 1.82) is 0 Å². The van der Waals surface area contributed by atoms with Gasteiger partial charge in [0.05, 0.1) is 22.4 Å². The maximum atomic E-state index is 6.48. The van der Waals surface area contributed by atoms with Crippen LogP contribution in [0.5, 0.6) is 0 Å². The zero-order valence-electron chi connectivity index (χ0n) is 19.8. The van der Waals surface area contributed by atoms with Gasteiger partial charge in [0.2, 0.25) is 0 Å². The number of hydrogen-bond donors (Lipinski definition) is 0. The first-order valence-corrected chi connectivity index (χ1v) is 12.4. The predicted molar refractivity (Wildman–Crippen MR) is 153 cm³/mol. The molecular formula is C34H20N2O. The van der Waals surface area contributed by atoms with Gasteiger partial charge in [0.15, 0.2) is 0 Å². The number of aromatic nitrogens is 2. The van der Waals surface area contributed by atoms with Crippen LogP contribution in [0.25, 0.3) is 77.0 Å². The summed E-state index contributed by atoms with van der Waals surface area (Å²) in [7, 11) is 0. The quantitative estimate of drug-likeness (QED) is 0.235. The molecule has 0 atom stereocenters. The van der Waals surface area contributed by atoms with Crippen molar-refractivity contribution in [2.45, 2.75) is 0 Å². The number of nitrogens with zero attached hydrogens (tertiary/aromatic N) is 2. The lowest BCUT2D eigenvalue weighted by molar-refractivity contribution is 0.673. The van der Waals surface area contributed by atoms with Crippen LogP contribution in [0, 0.1) is 0 Å². The molecule has 0 saturated heterocycles. The predicted octanol–water partition coefficient (Wildman–Crippen LogP) is 9.17. The number of hydrogen-bond acceptors (Lipinski definition) is 3. The molecule has 0 bridgehead atoms. The SMILES string of the molecule is c1ccc(-c2nc3ccc4ccccc4c3nc2-c2cccc3oc4c5ccccc5ccc4c23)cc1. The van der Waals surface area contributed by atoms with Crippen LogP contribution in [0.1, 0.15) is 0 Å². The van der Waals surface area contributed by atoms with E-state index >= 15 is 0 Å². The highest BCUT2D eigenvalue weighted by atomic mass is 16.3. The van der Waals surface area contributed by atoms with E-state index in [1.807, 2.05) is 30.3 Å². The number of fused-ring (bicyclic) bond motifs is 8. The monoisotopic (exact) mass is 472 g/mol. The summed E-state index contributed by atoms with van der Waals surface area (Å²) >= 11 is 0. The van der Waals surface area contributed by atoms with E-state index in [2.05, 4.69) is 91.0 Å². The third-order valence-electron chi connectivity index (χ3n) is 7.25. The van der Waals surface area contributed by atoms with Crippen LogP contribution in [0.15, 0.2) is 126 Å². The Hall–Kier alpha value is -5.02. The van der Waals surface area contributed by atoms with Crippen molar-refractivity contribution in [1.82, 2.24) is 9.97 Å². The maximum absolute atomic E-state index is 6.48. The highest BCUT2D eigenvalue weighted by molar-refractivity contribution is 6.19. The van der Waals surface area contributed by atoms with Gasteiger partial charge < -0.3 is 4.42 Å². The Kier molecular flexibility index (Phi) is 4.23. The normalized spacial score (nSPS) is 11.8. The van der Waals surface area contributed by atoms with E-state index in [0.717, 1.165) is 77.0 Å². The molecule has 0 unspecified atom stereocenters. The molecule has 0 amide bonds. The third-order valence-corrected chi connectivity index (χ3v) is 7.25. The lowest BCUT2D eigenvalue weighted by Gasteiger charge is -2.13. The molecule has 2 heterocycles. The summed E-state index contributed by atoms with van der Waals surface area (Å²) in [6, 6.07) is 41.8. The zero-order valence-corrected chi connectivity index (χ0v) is 19.8. The minimum atomic E-state index is 0.850. The van der Waals surface area contributed by atoms with Gasteiger partial charge in [-0.2, -0.15) is 0 Å². The van der Waals surface area contributed by atoms with Crippen LogP contribution in [0.3, 0.4) is 0 Å². The first-order chi connectivity index (χ1) is 18.3. The molecule has 0 aliphatic rings. The number of furan rings is 1.